The minimum atomic E-state index is -0.461. The van der Waals surface area contributed by atoms with E-state index in [-0.39, 0.29) is 24.0 Å². The van der Waals surface area contributed by atoms with Crippen LogP contribution in [-0.2, 0) is 9.59 Å². The Morgan fingerprint density at radius 3 is 2.36 bits per heavy atom. The number of anilines is 1. The molecule has 0 bridgehead atoms. The molecule has 0 unspecified atom stereocenters. The molecule has 1 aromatic carbocycles. The molecule has 0 aliphatic heterocycles. The molecule has 1 aromatic rings. The number of nitrogens with zero attached hydrogens (tertiary/aromatic N) is 1. The molecule has 2 amide bonds. The molecule has 0 fully saturated rings. The van der Waals surface area contributed by atoms with Crippen molar-refractivity contribution in [3.8, 4) is 0 Å². The zero-order valence-corrected chi connectivity index (χ0v) is 12.4. The predicted octanol–water partition coefficient (Wildman–Crippen LogP) is 1.04. The van der Waals surface area contributed by atoms with Crippen molar-refractivity contribution in [2.24, 2.45) is 0 Å². The molecule has 8 heteroatoms. The summed E-state index contributed by atoms with van der Waals surface area (Å²) in [5, 5.41) is 18.7. The Morgan fingerprint density at radius 2 is 1.77 bits per heavy atom. The SMILES string of the molecule is CCCC(=O)NCC(=O)NCCNc1ccc([N+](=O)[O-])cc1. The van der Waals surface area contributed by atoms with E-state index in [1.165, 1.54) is 12.1 Å². The highest BCUT2D eigenvalue weighted by Crippen LogP contribution is 2.14. The Balaban J connectivity index is 2.18. The topological polar surface area (TPSA) is 113 Å². The molecule has 3 N–H and O–H groups in total. The van der Waals surface area contributed by atoms with E-state index < -0.39 is 4.92 Å². The number of carbonyl (C=O) groups is 2. The summed E-state index contributed by atoms with van der Waals surface area (Å²) in [6.07, 6.45) is 1.15. The third-order valence-electron chi connectivity index (χ3n) is 2.78. The third kappa shape index (κ3) is 6.69. The fraction of sp³-hybridized carbons (Fsp3) is 0.429. The quantitative estimate of drug-likeness (QED) is 0.358. The van der Waals surface area contributed by atoms with E-state index >= 15 is 0 Å². The highest BCUT2D eigenvalue weighted by Gasteiger charge is 2.05. The molecule has 0 heterocycles. The minimum Gasteiger partial charge on any atom is -0.383 e. The van der Waals surface area contributed by atoms with E-state index in [0.717, 1.165) is 12.1 Å². The highest BCUT2D eigenvalue weighted by molar-refractivity contribution is 5.84. The van der Waals surface area contributed by atoms with Gasteiger partial charge in [-0.25, -0.2) is 0 Å². The third-order valence-corrected chi connectivity index (χ3v) is 2.78. The first-order valence-corrected chi connectivity index (χ1v) is 7.04. The molecule has 0 saturated heterocycles. The van der Waals surface area contributed by atoms with Crippen LogP contribution >= 0.6 is 0 Å². The lowest BCUT2D eigenvalue weighted by Crippen LogP contribution is -2.38. The Kier molecular flexibility index (Phi) is 7.38. The molecule has 0 atom stereocenters. The number of rotatable bonds is 9. The van der Waals surface area contributed by atoms with Gasteiger partial charge in [-0.3, -0.25) is 19.7 Å². The van der Waals surface area contributed by atoms with E-state index in [0.29, 0.717) is 19.5 Å². The standard InChI is InChI=1S/C14H20N4O4/c1-2-3-13(19)17-10-14(20)16-9-8-15-11-4-6-12(7-5-11)18(21)22/h4-7,15H,2-3,8-10H2,1H3,(H,16,20)(H,17,19). The molecular formula is C14H20N4O4. The van der Waals surface area contributed by atoms with Crippen molar-refractivity contribution >= 4 is 23.2 Å². The second-order valence-corrected chi connectivity index (χ2v) is 4.61. The first kappa shape index (κ1) is 17.4. The van der Waals surface area contributed by atoms with Gasteiger partial charge in [0.25, 0.3) is 5.69 Å². The van der Waals surface area contributed by atoms with Crippen molar-refractivity contribution in [2.75, 3.05) is 25.0 Å². The molecule has 0 spiro atoms. The summed E-state index contributed by atoms with van der Waals surface area (Å²) in [6.45, 7) is 2.73. The number of nitro benzene ring substituents is 1. The summed E-state index contributed by atoms with van der Waals surface area (Å²) in [4.78, 5) is 32.7. The second kappa shape index (κ2) is 9.32. The minimum absolute atomic E-state index is 0.0293. The number of hydrogen-bond acceptors (Lipinski definition) is 5. The molecule has 22 heavy (non-hydrogen) atoms. The van der Waals surface area contributed by atoms with Gasteiger partial charge in [-0.2, -0.15) is 0 Å². The number of amides is 2. The smallest absolute Gasteiger partial charge is 0.269 e. The van der Waals surface area contributed by atoms with Gasteiger partial charge in [0, 0.05) is 37.3 Å². The molecule has 0 aliphatic carbocycles. The lowest BCUT2D eigenvalue weighted by molar-refractivity contribution is -0.384. The van der Waals surface area contributed by atoms with Crippen LogP contribution in [-0.4, -0.2) is 36.4 Å². The number of nitro groups is 1. The van der Waals surface area contributed by atoms with Crippen LogP contribution in [0.15, 0.2) is 24.3 Å². The van der Waals surface area contributed by atoms with Crippen LogP contribution in [0.2, 0.25) is 0 Å². The van der Waals surface area contributed by atoms with E-state index in [4.69, 9.17) is 0 Å². The van der Waals surface area contributed by atoms with Crippen LogP contribution in [0.5, 0.6) is 0 Å². The lowest BCUT2D eigenvalue weighted by Gasteiger charge is -2.08. The average molecular weight is 308 g/mol. The summed E-state index contributed by atoms with van der Waals surface area (Å²) < 4.78 is 0. The lowest BCUT2D eigenvalue weighted by atomic mass is 10.3. The van der Waals surface area contributed by atoms with Gasteiger partial charge in [-0.1, -0.05) is 6.92 Å². The number of benzene rings is 1. The van der Waals surface area contributed by atoms with E-state index in [1.54, 1.807) is 12.1 Å². The number of hydrogen-bond donors (Lipinski definition) is 3. The first-order chi connectivity index (χ1) is 10.5. The van der Waals surface area contributed by atoms with Gasteiger partial charge in [-0.15, -0.1) is 0 Å². The predicted molar refractivity (Wildman–Crippen MR) is 82.5 cm³/mol. The van der Waals surface area contributed by atoms with Crippen LogP contribution in [0.3, 0.4) is 0 Å². The summed E-state index contributed by atoms with van der Waals surface area (Å²) in [5.41, 5.74) is 0.762. The van der Waals surface area contributed by atoms with Gasteiger partial charge in [0.05, 0.1) is 11.5 Å². The first-order valence-electron chi connectivity index (χ1n) is 7.04. The maximum absolute atomic E-state index is 11.5. The van der Waals surface area contributed by atoms with Crippen LogP contribution in [0.1, 0.15) is 19.8 Å². The van der Waals surface area contributed by atoms with Gasteiger partial charge in [0.15, 0.2) is 0 Å². The van der Waals surface area contributed by atoms with Crippen LogP contribution in [0.25, 0.3) is 0 Å². The Morgan fingerprint density at radius 1 is 1.09 bits per heavy atom. The summed E-state index contributed by atoms with van der Waals surface area (Å²) in [6, 6.07) is 6.02. The molecule has 0 radical (unpaired) electrons. The molecular weight excluding hydrogens is 288 g/mol. The maximum atomic E-state index is 11.5. The Bertz CT molecular complexity index is 516. The van der Waals surface area contributed by atoms with Crippen molar-refractivity contribution < 1.29 is 14.5 Å². The number of nitrogens with one attached hydrogen (secondary N) is 3. The largest absolute Gasteiger partial charge is 0.383 e. The summed E-state index contributed by atoms with van der Waals surface area (Å²) in [5.74, 6) is -0.392. The summed E-state index contributed by atoms with van der Waals surface area (Å²) in [7, 11) is 0. The van der Waals surface area contributed by atoms with E-state index in [2.05, 4.69) is 16.0 Å². The van der Waals surface area contributed by atoms with Crippen LogP contribution in [0, 0.1) is 10.1 Å². The molecule has 120 valence electrons. The zero-order valence-electron chi connectivity index (χ0n) is 12.4. The van der Waals surface area contributed by atoms with Crippen molar-refractivity contribution in [1.82, 2.24) is 10.6 Å². The van der Waals surface area contributed by atoms with Crippen molar-refractivity contribution in [3.63, 3.8) is 0 Å². The van der Waals surface area contributed by atoms with Crippen molar-refractivity contribution in [2.45, 2.75) is 19.8 Å². The fourth-order valence-electron chi connectivity index (χ4n) is 1.67. The zero-order chi connectivity index (χ0) is 16.4. The van der Waals surface area contributed by atoms with Crippen LogP contribution in [0.4, 0.5) is 11.4 Å². The molecule has 8 nitrogen and oxygen atoms in total. The Labute approximate surface area is 128 Å². The molecule has 0 saturated carbocycles. The van der Waals surface area contributed by atoms with Gasteiger partial charge < -0.3 is 16.0 Å². The summed E-state index contributed by atoms with van der Waals surface area (Å²) >= 11 is 0. The number of carbonyl (C=O) groups excluding carboxylic acids is 2. The molecule has 0 aliphatic rings. The monoisotopic (exact) mass is 308 g/mol. The normalized spacial score (nSPS) is 9.86. The maximum Gasteiger partial charge on any atom is 0.269 e. The highest BCUT2D eigenvalue weighted by atomic mass is 16.6. The fourth-order valence-corrected chi connectivity index (χ4v) is 1.67. The molecule has 1 rings (SSSR count). The van der Waals surface area contributed by atoms with Gasteiger partial charge >= 0.3 is 0 Å². The van der Waals surface area contributed by atoms with Crippen LogP contribution < -0.4 is 16.0 Å². The van der Waals surface area contributed by atoms with E-state index in [1.807, 2.05) is 6.92 Å². The van der Waals surface area contributed by atoms with Crippen molar-refractivity contribution in [1.29, 1.82) is 0 Å². The van der Waals surface area contributed by atoms with Gasteiger partial charge in [-0.05, 0) is 18.6 Å². The second-order valence-electron chi connectivity index (χ2n) is 4.61. The van der Waals surface area contributed by atoms with Gasteiger partial charge in [0.2, 0.25) is 11.8 Å². The van der Waals surface area contributed by atoms with E-state index in [9.17, 15) is 19.7 Å². The number of non-ortho nitro benzene ring substituents is 1. The average Bonchev–Trinajstić information content (AvgIpc) is 2.50. The molecule has 0 aromatic heterocycles. The Hall–Kier alpha value is -2.64. The van der Waals surface area contributed by atoms with Gasteiger partial charge in [0.1, 0.15) is 0 Å². The van der Waals surface area contributed by atoms with Crippen molar-refractivity contribution in [3.05, 3.63) is 34.4 Å².